The lowest BCUT2D eigenvalue weighted by Crippen LogP contribution is -2.40. The van der Waals surface area contributed by atoms with Crippen molar-refractivity contribution in [3.63, 3.8) is 0 Å². The molecular formula is C25H30N4O5S. The molecule has 1 fully saturated rings. The number of hydrogen-bond acceptors (Lipinski definition) is 7. The summed E-state index contributed by atoms with van der Waals surface area (Å²) in [5.74, 6) is 0.128. The first-order chi connectivity index (χ1) is 16.9. The van der Waals surface area contributed by atoms with Crippen LogP contribution in [0.4, 0.5) is 11.4 Å². The van der Waals surface area contributed by atoms with Crippen LogP contribution in [0.3, 0.4) is 0 Å². The Bertz CT molecular complexity index is 1250. The summed E-state index contributed by atoms with van der Waals surface area (Å²) in [6.45, 7) is 6.76. The summed E-state index contributed by atoms with van der Waals surface area (Å²) in [7, 11) is -3.71. The number of benzene rings is 2. The summed E-state index contributed by atoms with van der Waals surface area (Å²) in [5, 5.41) is 2.90. The van der Waals surface area contributed by atoms with E-state index in [-0.39, 0.29) is 17.2 Å². The van der Waals surface area contributed by atoms with Gasteiger partial charge in [0.25, 0.3) is 0 Å². The molecule has 2 heterocycles. The first kappa shape index (κ1) is 24.9. The maximum Gasteiger partial charge on any atom is 0.243 e. The highest BCUT2D eigenvalue weighted by Crippen LogP contribution is 2.31. The second-order valence-corrected chi connectivity index (χ2v) is 10.0. The van der Waals surface area contributed by atoms with Gasteiger partial charge >= 0.3 is 0 Å². The number of hydrogen-bond donors (Lipinski definition) is 1. The highest BCUT2D eigenvalue weighted by Gasteiger charge is 2.27. The van der Waals surface area contributed by atoms with Crippen molar-refractivity contribution in [1.29, 1.82) is 0 Å². The van der Waals surface area contributed by atoms with Crippen LogP contribution < -0.4 is 10.2 Å². The van der Waals surface area contributed by atoms with Gasteiger partial charge in [-0.2, -0.15) is 4.31 Å². The van der Waals surface area contributed by atoms with Crippen LogP contribution >= 0.6 is 0 Å². The molecule has 9 nitrogen and oxygen atoms in total. The minimum Gasteiger partial charge on any atom is -0.444 e. The third-order valence-electron chi connectivity index (χ3n) is 5.87. The van der Waals surface area contributed by atoms with Crippen molar-refractivity contribution in [2.24, 2.45) is 0 Å². The van der Waals surface area contributed by atoms with Gasteiger partial charge in [-0.1, -0.05) is 18.2 Å². The third kappa shape index (κ3) is 5.72. The SMILES string of the molecule is CCN(CC)c1ccc(S(=O)(=O)N2CCOCC2)cc1NC(=O)Cc1coc(-c2ccccc2)n1. The third-order valence-corrected chi connectivity index (χ3v) is 7.76. The van der Waals surface area contributed by atoms with E-state index in [0.717, 1.165) is 11.3 Å². The number of carbonyl (C=O) groups is 1. The fraction of sp³-hybridized carbons (Fsp3) is 0.360. The lowest BCUT2D eigenvalue weighted by atomic mass is 10.2. The first-order valence-corrected chi connectivity index (χ1v) is 13.1. The summed E-state index contributed by atoms with van der Waals surface area (Å²) in [6, 6.07) is 14.3. The number of carbonyl (C=O) groups excluding carboxylic acids is 1. The van der Waals surface area contributed by atoms with E-state index in [2.05, 4.69) is 15.2 Å². The number of rotatable bonds is 9. The molecule has 1 aromatic heterocycles. The molecule has 0 spiro atoms. The molecule has 1 amide bonds. The average molecular weight is 499 g/mol. The van der Waals surface area contributed by atoms with Crippen molar-refractivity contribution in [2.75, 3.05) is 49.6 Å². The highest BCUT2D eigenvalue weighted by molar-refractivity contribution is 7.89. The fourth-order valence-corrected chi connectivity index (χ4v) is 5.45. The van der Waals surface area contributed by atoms with E-state index in [1.165, 1.54) is 16.6 Å². The lowest BCUT2D eigenvalue weighted by molar-refractivity contribution is -0.115. The number of nitrogens with zero attached hydrogens (tertiary/aromatic N) is 3. The van der Waals surface area contributed by atoms with Crippen LogP contribution in [0.2, 0.25) is 0 Å². The monoisotopic (exact) mass is 498 g/mol. The molecular weight excluding hydrogens is 468 g/mol. The van der Waals surface area contributed by atoms with Crippen LogP contribution in [-0.4, -0.2) is 63.0 Å². The van der Waals surface area contributed by atoms with Crippen molar-refractivity contribution in [2.45, 2.75) is 25.2 Å². The van der Waals surface area contributed by atoms with Gasteiger partial charge in [0.05, 0.1) is 41.6 Å². The van der Waals surface area contributed by atoms with E-state index in [0.29, 0.717) is 56.7 Å². The molecule has 0 unspecified atom stereocenters. The van der Waals surface area contributed by atoms with Crippen molar-refractivity contribution in [3.05, 3.63) is 60.5 Å². The van der Waals surface area contributed by atoms with Gasteiger partial charge in [-0.15, -0.1) is 0 Å². The van der Waals surface area contributed by atoms with Crippen LogP contribution in [0, 0.1) is 0 Å². The van der Waals surface area contributed by atoms with Crippen LogP contribution in [0.1, 0.15) is 19.5 Å². The molecule has 0 atom stereocenters. The van der Waals surface area contributed by atoms with E-state index in [1.807, 2.05) is 44.2 Å². The predicted octanol–water partition coefficient (Wildman–Crippen LogP) is 3.39. The summed E-state index contributed by atoms with van der Waals surface area (Å²) in [5.41, 5.74) is 2.51. The molecule has 4 rings (SSSR count). The molecule has 10 heteroatoms. The predicted molar refractivity (Wildman–Crippen MR) is 134 cm³/mol. The summed E-state index contributed by atoms with van der Waals surface area (Å²) in [4.78, 5) is 19.6. The van der Waals surface area contributed by atoms with Gasteiger partial charge in [-0.05, 0) is 44.2 Å². The normalized spacial score (nSPS) is 14.6. The molecule has 0 aliphatic carbocycles. The van der Waals surface area contributed by atoms with E-state index in [1.54, 1.807) is 12.1 Å². The van der Waals surface area contributed by atoms with Crippen molar-refractivity contribution in [1.82, 2.24) is 9.29 Å². The Kier molecular flexibility index (Phi) is 7.84. The quantitative estimate of drug-likeness (QED) is 0.482. The summed E-state index contributed by atoms with van der Waals surface area (Å²) >= 11 is 0. The zero-order valence-electron chi connectivity index (χ0n) is 19.9. The molecule has 35 heavy (non-hydrogen) atoms. The first-order valence-electron chi connectivity index (χ1n) is 11.7. The highest BCUT2D eigenvalue weighted by atomic mass is 32.2. The van der Waals surface area contributed by atoms with Crippen molar-refractivity contribution < 1.29 is 22.4 Å². The molecule has 1 aliphatic heterocycles. The molecule has 2 aromatic carbocycles. The average Bonchev–Trinajstić information content (AvgIpc) is 3.35. The van der Waals surface area contributed by atoms with Gasteiger partial charge in [0.1, 0.15) is 6.26 Å². The number of nitrogens with one attached hydrogen (secondary N) is 1. The van der Waals surface area contributed by atoms with Crippen LogP contribution in [0.15, 0.2) is 64.1 Å². The number of anilines is 2. The van der Waals surface area contributed by atoms with Gasteiger partial charge in [0.15, 0.2) is 0 Å². The number of amides is 1. The van der Waals surface area contributed by atoms with Gasteiger partial charge < -0.3 is 19.4 Å². The Hall–Kier alpha value is -3.21. The largest absolute Gasteiger partial charge is 0.444 e. The lowest BCUT2D eigenvalue weighted by Gasteiger charge is -2.28. The van der Waals surface area contributed by atoms with Crippen LogP contribution in [0.5, 0.6) is 0 Å². The minimum atomic E-state index is -3.71. The van der Waals surface area contributed by atoms with Crippen molar-refractivity contribution >= 4 is 27.3 Å². The van der Waals surface area contributed by atoms with Gasteiger partial charge in [-0.3, -0.25) is 4.79 Å². The second-order valence-electron chi connectivity index (χ2n) is 8.10. The minimum absolute atomic E-state index is 0.00549. The molecule has 0 saturated carbocycles. The standard InChI is InChI=1S/C25H30N4O5S/c1-3-28(4-2)23-11-10-21(35(31,32)29-12-14-33-15-13-29)17-22(23)27-24(30)16-20-18-34-25(26-20)19-8-6-5-7-9-19/h5-11,17-18H,3-4,12-16H2,1-2H3,(H,27,30). The molecule has 0 bridgehead atoms. The Morgan fingerprint density at radius 2 is 1.80 bits per heavy atom. The van der Waals surface area contributed by atoms with Gasteiger partial charge in [0.2, 0.25) is 21.8 Å². The second kappa shape index (κ2) is 11.0. The fourth-order valence-electron chi connectivity index (χ4n) is 4.01. The Balaban J connectivity index is 1.57. The van der Waals surface area contributed by atoms with E-state index in [4.69, 9.17) is 9.15 Å². The summed E-state index contributed by atoms with van der Waals surface area (Å²) in [6.07, 6.45) is 1.46. The summed E-state index contributed by atoms with van der Waals surface area (Å²) < 4.78 is 38.6. The molecule has 1 aliphatic rings. The van der Waals surface area contributed by atoms with E-state index < -0.39 is 10.0 Å². The zero-order chi connectivity index (χ0) is 24.8. The van der Waals surface area contributed by atoms with Crippen LogP contribution in [0.25, 0.3) is 11.5 Å². The smallest absolute Gasteiger partial charge is 0.243 e. The Labute approximate surface area is 205 Å². The van der Waals surface area contributed by atoms with Gasteiger partial charge in [-0.25, -0.2) is 13.4 Å². The zero-order valence-corrected chi connectivity index (χ0v) is 20.8. The maximum atomic E-state index is 13.2. The van der Waals surface area contributed by atoms with Crippen LogP contribution in [-0.2, 0) is 26.0 Å². The number of ether oxygens (including phenoxy) is 1. The molecule has 1 saturated heterocycles. The van der Waals surface area contributed by atoms with Gasteiger partial charge in [0, 0.05) is 31.7 Å². The number of morpholine rings is 1. The molecule has 186 valence electrons. The molecule has 1 N–H and O–H groups in total. The van der Waals surface area contributed by atoms with Crippen molar-refractivity contribution in [3.8, 4) is 11.5 Å². The number of aromatic nitrogens is 1. The van der Waals surface area contributed by atoms with E-state index in [9.17, 15) is 13.2 Å². The number of oxazole rings is 1. The maximum absolute atomic E-state index is 13.2. The molecule has 0 radical (unpaired) electrons. The Morgan fingerprint density at radius 1 is 1.09 bits per heavy atom. The Morgan fingerprint density at radius 3 is 2.49 bits per heavy atom. The molecule has 3 aromatic rings. The number of sulfonamides is 1. The topological polar surface area (TPSA) is 105 Å². The van der Waals surface area contributed by atoms with E-state index >= 15 is 0 Å².